The number of hydrogen-bond acceptors (Lipinski definition) is 5. The Morgan fingerprint density at radius 2 is 1.86 bits per heavy atom. The highest BCUT2D eigenvalue weighted by molar-refractivity contribution is 7.89. The van der Waals surface area contributed by atoms with Gasteiger partial charge in [-0.15, -0.1) is 0 Å². The molecule has 3 aromatic rings. The molecule has 14 heteroatoms. The van der Waals surface area contributed by atoms with Crippen LogP contribution in [0.15, 0.2) is 35.4 Å². The quantitative estimate of drug-likeness (QED) is 0.401. The van der Waals surface area contributed by atoms with Gasteiger partial charge in [0.05, 0.1) is 22.5 Å². The summed E-state index contributed by atoms with van der Waals surface area (Å²) in [5, 5.41) is 9.90. The van der Waals surface area contributed by atoms with Crippen molar-refractivity contribution in [3.8, 4) is 23.2 Å². The molecule has 194 valence electrons. The Morgan fingerprint density at radius 1 is 1.19 bits per heavy atom. The Kier molecular flexibility index (Phi) is 7.56. The first-order valence-electron chi connectivity index (χ1n) is 10.4. The van der Waals surface area contributed by atoms with E-state index in [1.165, 1.54) is 15.4 Å². The standard InChI is InChI=1S/C22H20F6N4O3S/c1-11(2)10-32-18-7-19(35-21(24)25)16(23)6-14(18)15(8-29)20(32)17-5-4-13(9-30-17)36(33,34)31-12(3)22(26,27)28/h4-7,9,11-12,21,31H,10H2,1-3H3/t12-/m0/s1. The van der Waals surface area contributed by atoms with Crippen molar-refractivity contribution in [1.29, 1.82) is 5.26 Å². The predicted molar refractivity (Wildman–Crippen MR) is 117 cm³/mol. The highest BCUT2D eigenvalue weighted by atomic mass is 32.2. The second-order valence-corrected chi connectivity index (χ2v) is 10.00. The second-order valence-electron chi connectivity index (χ2n) is 8.28. The van der Waals surface area contributed by atoms with Crippen molar-refractivity contribution < 1.29 is 39.5 Å². The van der Waals surface area contributed by atoms with E-state index in [1.807, 2.05) is 19.9 Å². The van der Waals surface area contributed by atoms with Gasteiger partial charge >= 0.3 is 12.8 Å². The number of nitrogens with one attached hydrogen (secondary N) is 1. The lowest BCUT2D eigenvalue weighted by Crippen LogP contribution is -2.42. The van der Waals surface area contributed by atoms with Gasteiger partial charge in [-0.05, 0) is 31.0 Å². The maximum atomic E-state index is 14.4. The minimum Gasteiger partial charge on any atom is -0.432 e. The van der Waals surface area contributed by atoms with E-state index in [0.717, 1.165) is 24.4 Å². The van der Waals surface area contributed by atoms with Crippen molar-refractivity contribution in [2.24, 2.45) is 5.92 Å². The van der Waals surface area contributed by atoms with E-state index in [2.05, 4.69) is 9.72 Å². The van der Waals surface area contributed by atoms with Crippen LogP contribution < -0.4 is 9.46 Å². The molecule has 0 aliphatic heterocycles. The Hall–Kier alpha value is -3.31. The minimum absolute atomic E-state index is 0.0388. The Morgan fingerprint density at radius 3 is 2.36 bits per heavy atom. The molecule has 7 nitrogen and oxygen atoms in total. The molecule has 0 saturated carbocycles. The summed E-state index contributed by atoms with van der Waals surface area (Å²) < 4.78 is 110. The third kappa shape index (κ3) is 5.57. The van der Waals surface area contributed by atoms with Gasteiger partial charge in [-0.25, -0.2) is 12.8 Å². The number of nitriles is 1. The number of ether oxygens (including phenoxy) is 1. The van der Waals surface area contributed by atoms with E-state index in [-0.39, 0.29) is 40.3 Å². The van der Waals surface area contributed by atoms with Crippen molar-refractivity contribution in [2.75, 3.05) is 0 Å². The van der Waals surface area contributed by atoms with Crippen LogP contribution >= 0.6 is 0 Å². The summed E-state index contributed by atoms with van der Waals surface area (Å²) in [4.78, 5) is 3.48. The Bertz CT molecular complexity index is 1410. The van der Waals surface area contributed by atoms with Crippen molar-refractivity contribution in [1.82, 2.24) is 14.3 Å². The summed E-state index contributed by atoms with van der Waals surface area (Å²) in [5.41, 5.74) is 0.352. The van der Waals surface area contributed by atoms with Crippen molar-refractivity contribution in [3.63, 3.8) is 0 Å². The van der Waals surface area contributed by atoms with Crippen LogP contribution in [0.4, 0.5) is 26.3 Å². The molecule has 3 rings (SSSR count). The summed E-state index contributed by atoms with van der Waals surface area (Å²) in [6.07, 6.45) is -3.98. The molecule has 0 fully saturated rings. The lowest BCUT2D eigenvalue weighted by molar-refractivity contribution is -0.147. The number of rotatable bonds is 8. The summed E-state index contributed by atoms with van der Waals surface area (Å²) >= 11 is 0. The first kappa shape index (κ1) is 27.3. The summed E-state index contributed by atoms with van der Waals surface area (Å²) in [5.74, 6) is -1.88. The van der Waals surface area contributed by atoms with Crippen LogP contribution in [-0.4, -0.2) is 36.8 Å². The number of pyridine rings is 1. The smallest absolute Gasteiger partial charge is 0.404 e. The molecule has 36 heavy (non-hydrogen) atoms. The molecule has 1 atom stereocenters. The fourth-order valence-electron chi connectivity index (χ4n) is 3.52. The van der Waals surface area contributed by atoms with Crippen LogP contribution in [0.5, 0.6) is 5.75 Å². The zero-order chi connectivity index (χ0) is 27.0. The molecule has 1 aromatic carbocycles. The van der Waals surface area contributed by atoms with Gasteiger partial charge in [0.15, 0.2) is 11.6 Å². The summed E-state index contributed by atoms with van der Waals surface area (Å²) in [6.45, 7) is 1.26. The average molecular weight is 534 g/mol. The van der Waals surface area contributed by atoms with Crippen LogP contribution in [-0.2, 0) is 16.6 Å². The van der Waals surface area contributed by atoms with Gasteiger partial charge in [0.25, 0.3) is 0 Å². The molecule has 0 bridgehead atoms. The van der Waals surface area contributed by atoms with Crippen LogP contribution in [0.2, 0.25) is 0 Å². The third-order valence-corrected chi connectivity index (χ3v) is 6.63. The van der Waals surface area contributed by atoms with Gasteiger partial charge in [-0.2, -0.15) is 31.9 Å². The molecule has 0 spiro atoms. The molecular formula is C22H20F6N4O3S. The summed E-state index contributed by atoms with van der Waals surface area (Å²) in [6, 6.07) is 3.70. The van der Waals surface area contributed by atoms with E-state index in [9.17, 15) is 40.0 Å². The number of benzene rings is 1. The van der Waals surface area contributed by atoms with E-state index in [0.29, 0.717) is 6.92 Å². The van der Waals surface area contributed by atoms with Crippen LogP contribution in [0.25, 0.3) is 22.3 Å². The molecule has 0 radical (unpaired) electrons. The molecule has 0 aliphatic rings. The molecule has 1 N–H and O–H groups in total. The molecule has 0 saturated heterocycles. The van der Waals surface area contributed by atoms with Gasteiger partial charge in [-0.3, -0.25) is 4.98 Å². The number of aromatic nitrogens is 2. The first-order valence-corrected chi connectivity index (χ1v) is 11.9. The molecule has 2 aromatic heterocycles. The monoisotopic (exact) mass is 534 g/mol. The highest BCUT2D eigenvalue weighted by Gasteiger charge is 2.39. The number of hydrogen-bond donors (Lipinski definition) is 1. The second kappa shape index (κ2) is 9.98. The zero-order valence-electron chi connectivity index (χ0n) is 19.1. The Labute approximate surface area is 202 Å². The molecule has 0 amide bonds. The zero-order valence-corrected chi connectivity index (χ0v) is 19.9. The Balaban J connectivity index is 2.17. The molecule has 2 heterocycles. The number of nitrogens with zero attached hydrogens (tertiary/aromatic N) is 3. The van der Waals surface area contributed by atoms with Crippen molar-refractivity contribution >= 4 is 20.9 Å². The summed E-state index contributed by atoms with van der Waals surface area (Å²) in [7, 11) is -4.58. The first-order chi connectivity index (χ1) is 16.7. The number of sulfonamides is 1. The van der Waals surface area contributed by atoms with E-state index < -0.39 is 45.3 Å². The fraction of sp³-hybridized carbons (Fsp3) is 0.364. The number of halogens is 6. The van der Waals surface area contributed by atoms with Gasteiger partial charge in [-0.1, -0.05) is 13.8 Å². The van der Waals surface area contributed by atoms with Crippen molar-refractivity contribution in [2.45, 2.75) is 51.0 Å². The fourth-order valence-corrected chi connectivity index (χ4v) is 4.69. The van der Waals surface area contributed by atoms with Gasteiger partial charge in [0.2, 0.25) is 10.0 Å². The average Bonchev–Trinajstić information content (AvgIpc) is 3.04. The maximum absolute atomic E-state index is 14.4. The van der Waals surface area contributed by atoms with Crippen LogP contribution in [0.3, 0.4) is 0 Å². The molecule has 0 unspecified atom stereocenters. The van der Waals surface area contributed by atoms with Gasteiger partial charge < -0.3 is 9.30 Å². The topological polar surface area (TPSA) is 97.0 Å². The largest absolute Gasteiger partial charge is 0.432 e. The van der Waals surface area contributed by atoms with Crippen LogP contribution in [0, 0.1) is 23.1 Å². The van der Waals surface area contributed by atoms with Gasteiger partial charge in [0.1, 0.15) is 17.0 Å². The lowest BCUT2D eigenvalue weighted by Gasteiger charge is -2.17. The maximum Gasteiger partial charge on any atom is 0.404 e. The molecular weight excluding hydrogens is 514 g/mol. The SMILES string of the molecule is CC(C)Cn1c(-c2ccc(S(=O)(=O)N[C@@H](C)C(F)(F)F)cn2)c(C#N)c2cc(F)c(OC(F)F)cc21. The normalized spacial score (nSPS) is 13.4. The predicted octanol–water partition coefficient (Wildman–Crippen LogP) is 5.20. The molecule has 0 aliphatic carbocycles. The van der Waals surface area contributed by atoms with Crippen LogP contribution in [0.1, 0.15) is 26.3 Å². The van der Waals surface area contributed by atoms with Crippen molar-refractivity contribution in [3.05, 3.63) is 41.8 Å². The van der Waals surface area contributed by atoms with E-state index >= 15 is 0 Å². The van der Waals surface area contributed by atoms with E-state index in [1.54, 1.807) is 0 Å². The number of fused-ring (bicyclic) bond motifs is 1. The highest BCUT2D eigenvalue weighted by Crippen LogP contribution is 2.37. The van der Waals surface area contributed by atoms with E-state index in [4.69, 9.17) is 0 Å². The van der Waals surface area contributed by atoms with Gasteiger partial charge in [0, 0.05) is 24.2 Å². The third-order valence-electron chi connectivity index (χ3n) is 5.10. The lowest BCUT2D eigenvalue weighted by atomic mass is 10.1. The number of alkyl halides is 5. The minimum atomic E-state index is -4.80.